The van der Waals surface area contributed by atoms with Crippen LogP contribution in [0.4, 0.5) is 5.69 Å². The maximum atomic E-state index is 12.4. The summed E-state index contributed by atoms with van der Waals surface area (Å²) in [6.07, 6.45) is 0.797. The van der Waals surface area contributed by atoms with Gasteiger partial charge >= 0.3 is 5.69 Å². The maximum absolute atomic E-state index is 12.4. The van der Waals surface area contributed by atoms with Crippen molar-refractivity contribution in [2.45, 2.75) is 19.9 Å². The first-order chi connectivity index (χ1) is 11.5. The Morgan fingerprint density at radius 1 is 1.21 bits per heavy atom. The van der Waals surface area contributed by atoms with Crippen LogP contribution in [0, 0.1) is 0 Å². The van der Waals surface area contributed by atoms with Crippen LogP contribution in [-0.2, 0) is 24.8 Å². The number of carbonyl (C=O) groups excluding carboxylic acids is 1. The van der Waals surface area contributed by atoms with Gasteiger partial charge in [0.15, 0.2) is 0 Å². The van der Waals surface area contributed by atoms with Gasteiger partial charge < -0.3 is 5.32 Å². The molecule has 6 nitrogen and oxygen atoms in total. The summed E-state index contributed by atoms with van der Waals surface area (Å²) in [7, 11) is 1.42. The Balaban J connectivity index is 1.96. The zero-order valence-electron chi connectivity index (χ0n) is 13.4. The van der Waals surface area contributed by atoms with Crippen LogP contribution in [0.1, 0.15) is 12.5 Å². The summed E-state index contributed by atoms with van der Waals surface area (Å²) in [4.78, 5) is 36.9. The van der Waals surface area contributed by atoms with E-state index in [1.807, 2.05) is 31.2 Å². The average molecular weight is 343 g/mol. The van der Waals surface area contributed by atoms with Gasteiger partial charge in [-0.2, -0.15) is 0 Å². The van der Waals surface area contributed by atoms with Crippen molar-refractivity contribution in [2.75, 3.05) is 5.32 Å². The molecule has 0 spiro atoms. The van der Waals surface area contributed by atoms with Crippen LogP contribution in [0.2, 0.25) is 0 Å². The molecule has 0 fully saturated rings. The molecule has 1 N–H and O–H groups in total. The summed E-state index contributed by atoms with van der Waals surface area (Å²) in [6.45, 7) is 1.87. The molecule has 0 aliphatic rings. The molecule has 0 bridgehead atoms. The van der Waals surface area contributed by atoms with E-state index in [1.54, 1.807) is 11.4 Å². The topological polar surface area (TPSA) is 73.1 Å². The van der Waals surface area contributed by atoms with Gasteiger partial charge in [0.1, 0.15) is 11.2 Å². The van der Waals surface area contributed by atoms with Crippen molar-refractivity contribution < 1.29 is 4.79 Å². The molecular formula is C17H17N3O3S. The lowest BCUT2D eigenvalue weighted by Gasteiger charge is -2.12. The molecule has 7 heteroatoms. The molecule has 24 heavy (non-hydrogen) atoms. The zero-order chi connectivity index (χ0) is 17.3. The summed E-state index contributed by atoms with van der Waals surface area (Å²) < 4.78 is 2.84. The third kappa shape index (κ3) is 2.78. The fraction of sp³-hybridized carbons (Fsp3) is 0.235. The first-order valence-electron chi connectivity index (χ1n) is 7.57. The fourth-order valence-electron chi connectivity index (χ4n) is 2.64. The lowest BCUT2D eigenvalue weighted by molar-refractivity contribution is -0.116. The third-order valence-corrected chi connectivity index (χ3v) is 4.82. The van der Waals surface area contributed by atoms with Crippen LogP contribution in [0.15, 0.2) is 45.3 Å². The van der Waals surface area contributed by atoms with Crippen molar-refractivity contribution in [1.29, 1.82) is 0 Å². The Kier molecular flexibility index (Phi) is 4.35. The van der Waals surface area contributed by atoms with Crippen LogP contribution < -0.4 is 16.6 Å². The number of carbonyl (C=O) groups is 1. The van der Waals surface area contributed by atoms with Gasteiger partial charge in [0.25, 0.3) is 5.56 Å². The predicted molar refractivity (Wildman–Crippen MR) is 95.8 cm³/mol. The van der Waals surface area contributed by atoms with Gasteiger partial charge in [-0.25, -0.2) is 4.79 Å². The minimum atomic E-state index is -0.496. The lowest BCUT2D eigenvalue weighted by atomic mass is 10.1. The van der Waals surface area contributed by atoms with E-state index in [0.29, 0.717) is 10.2 Å². The highest BCUT2D eigenvalue weighted by molar-refractivity contribution is 7.17. The van der Waals surface area contributed by atoms with Crippen LogP contribution in [-0.4, -0.2) is 15.0 Å². The first kappa shape index (κ1) is 16.2. The highest BCUT2D eigenvalue weighted by Crippen LogP contribution is 2.17. The number of fused-ring (bicyclic) bond motifs is 1. The van der Waals surface area contributed by atoms with Crippen molar-refractivity contribution in [3.05, 3.63) is 62.1 Å². The summed E-state index contributed by atoms with van der Waals surface area (Å²) in [6, 6.07) is 9.24. The number of para-hydroxylation sites is 1. The quantitative estimate of drug-likeness (QED) is 0.787. The number of nitrogens with zero attached hydrogens (tertiary/aromatic N) is 2. The number of amides is 1. The van der Waals surface area contributed by atoms with Gasteiger partial charge in [-0.1, -0.05) is 25.1 Å². The molecule has 0 radical (unpaired) electrons. The first-order valence-corrected chi connectivity index (χ1v) is 8.45. The summed E-state index contributed by atoms with van der Waals surface area (Å²) in [5.41, 5.74) is 1.43. The van der Waals surface area contributed by atoms with Gasteiger partial charge in [-0.05, 0) is 29.5 Å². The normalized spacial score (nSPS) is 10.9. The van der Waals surface area contributed by atoms with E-state index in [2.05, 4.69) is 5.32 Å². The van der Waals surface area contributed by atoms with E-state index >= 15 is 0 Å². The number of nitrogens with one attached hydrogen (secondary N) is 1. The Labute approximate surface area is 142 Å². The molecule has 0 aliphatic heterocycles. The molecule has 0 unspecified atom stereocenters. The van der Waals surface area contributed by atoms with E-state index in [0.717, 1.165) is 22.2 Å². The van der Waals surface area contributed by atoms with Gasteiger partial charge in [0, 0.05) is 12.7 Å². The fourth-order valence-corrected chi connectivity index (χ4v) is 3.50. The van der Waals surface area contributed by atoms with Crippen LogP contribution in [0.5, 0.6) is 0 Å². The van der Waals surface area contributed by atoms with E-state index < -0.39 is 5.69 Å². The molecule has 3 rings (SSSR count). The van der Waals surface area contributed by atoms with Crippen molar-refractivity contribution in [2.24, 2.45) is 7.05 Å². The number of aromatic nitrogens is 2. The van der Waals surface area contributed by atoms with Crippen molar-refractivity contribution in [3.63, 3.8) is 0 Å². The number of anilines is 1. The standard InChI is InChI=1S/C17H17N3O3S/c1-3-11-6-4-5-7-12(11)18-14(21)10-20-13-8-9-24-15(13)16(22)19(2)17(20)23/h4-9H,3,10H2,1-2H3,(H,18,21). The number of rotatable bonds is 4. The van der Waals surface area contributed by atoms with Crippen LogP contribution in [0.3, 0.4) is 0 Å². The molecule has 1 aromatic carbocycles. The summed E-state index contributed by atoms with van der Waals surface area (Å²) >= 11 is 1.26. The second-order valence-electron chi connectivity index (χ2n) is 5.43. The zero-order valence-corrected chi connectivity index (χ0v) is 14.2. The highest BCUT2D eigenvalue weighted by Gasteiger charge is 2.15. The van der Waals surface area contributed by atoms with Gasteiger partial charge in [-0.3, -0.25) is 18.7 Å². The minimum absolute atomic E-state index is 0.141. The molecule has 3 aromatic rings. The molecular weight excluding hydrogens is 326 g/mol. The van der Waals surface area contributed by atoms with E-state index in [4.69, 9.17) is 0 Å². The van der Waals surface area contributed by atoms with Crippen LogP contribution >= 0.6 is 11.3 Å². The molecule has 1 amide bonds. The van der Waals surface area contributed by atoms with Crippen molar-refractivity contribution >= 4 is 33.1 Å². The van der Waals surface area contributed by atoms with Gasteiger partial charge in [0.05, 0.1) is 5.52 Å². The van der Waals surface area contributed by atoms with Crippen LogP contribution in [0.25, 0.3) is 10.2 Å². The molecule has 2 aromatic heterocycles. The summed E-state index contributed by atoms with van der Waals surface area (Å²) in [5, 5.41) is 4.59. The van der Waals surface area contributed by atoms with Gasteiger partial charge in [0.2, 0.25) is 5.91 Å². The molecule has 2 heterocycles. The Hall–Kier alpha value is -2.67. The number of aryl methyl sites for hydroxylation is 1. The Morgan fingerprint density at radius 3 is 2.71 bits per heavy atom. The number of hydrogen-bond acceptors (Lipinski definition) is 4. The molecule has 0 atom stereocenters. The highest BCUT2D eigenvalue weighted by atomic mass is 32.1. The molecule has 124 valence electrons. The Bertz CT molecular complexity index is 1030. The van der Waals surface area contributed by atoms with Gasteiger partial charge in [-0.15, -0.1) is 11.3 Å². The van der Waals surface area contributed by atoms with Crippen molar-refractivity contribution in [1.82, 2.24) is 9.13 Å². The largest absolute Gasteiger partial charge is 0.331 e. The lowest BCUT2D eigenvalue weighted by Crippen LogP contribution is -2.39. The number of benzene rings is 1. The maximum Gasteiger partial charge on any atom is 0.331 e. The SMILES string of the molecule is CCc1ccccc1NC(=O)Cn1c(=O)n(C)c(=O)c2sccc21. The smallest absolute Gasteiger partial charge is 0.324 e. The van der Waals surface area contributed by atoms with E-state index in [-0.39, 0.29) is 18.0 Å². The minimum Gasteiger partial charge on any atom is -0.324 e. The van der Waals surface area contributed by atoms with E-state index in [9.17, 15) is 14.4 Å². The molecule has 0 saturated heterocycles. The Morgan fingerprint density at radius 2 is 1.96 bits per heavy atom. The number of thiophene rings is 1. The molecule has 0 saturated carbocycles. The third-order valence-electron chi connectivity index (χ3n) is 3.93. The second kappa shape index (κ2) is 6.45. The predicted octanol–water partition coefficient (Wildman–Crippen LogP) is 1.96. The number of hydrogen-bond donors (Lipinski definition) is 1. The average Bonchev–Trinajstić information content (AvgIpc) is 3.07. The molecule has 0 aliphatic carbocycles. The second-order valence-corrected chi connectivity index (χ2v) is 6.34. The monoisotopic (exact) mass is 343 g/mol. The van der Waals surface area contributed by atoms with Crippen molar-refractivity contribution in [3.8, 4) is 0 Å². The van der Waals surface area contributed by atoms with E-state index in [1.165, 1.54) is 23.0 Å². The summed E-state index contributed by atoms with van der Waals surface area (Å²) in [5.74, 6) is -0.302.